The third-order valence-electron chi connectivity index (χ3n) is 2.89. The highest BCUT2D eigenvalue weighted by molar-refractivity contribution is 4.75. The SMILES string of the molecule is COCCOCCCOC1CCCC(N)C1. The highest BCUT2D eigenvalue weighted by atomic mass is 16.5. The molecular weight excluding hydrogens is 206 g/mol. The molecule has 1 aliphatic carbocycles. The normalized spacial score (nSPS) is 25.9. The molecule has 2 unspecified atom stereocenters. The van der Waals surface area contributed by atoms with Gasteiger partial charge in [0.15, 0.2) is 0 Å². The predicted molar refractivity (Wildman–Crippen MR) is 63.5 cm³/mol. The van der Waals surface area contributed by atoms with Crippen LogP contribution >= 0.6 is 0 Å². The van der Waals surface area contributed by atoms with Crippen molar-refractivity contribution in [3.05, 3.63) is 0 Å². The Balaban J connectivity index is 1.86. The van der Waals surface area contributed by atoms with Gasteiger partial charge in [0.05, 0.1) is 19.3 Å². The highest BCUT2D eigenvalue weighted by Crippen LogP contribution is 2.19. The minimum Gasteiger partial charge on any atom is -0.382 e. The van der Waals surface area contributed by atoms with Gasteiger partial charge >= 0.3 is 0 Å². The number of hydrogen-bond donors (Lipinski definition) is 1. The first-order valence-electron chi connectivity index (χ1n) is 6.26. The zero-order valence-corrected chi connectivity index (χ0v) is 10.3. The molecule has 1 saturated carbocycles. The topological polar surface area (TPSA) is 53.7 Å². The van der Waals surface area contributed by atoms with Crippen molar-refractivity contribution >= 4 is 0 Å². The lowest BCUT2D eigenvalue weighted by Crippen LogP contribution is -2.32. The molecule has 0 radical (unpaired) electrons. The van der Waals surface area contributed by atoms with Crippen LogP contribution < -0.4 is 5.73 Å². The second-order valence-corrected chi connectivity index (χ2v) is 4.38. The molecule has 0 heterocycles. The molecule has 1 fully saturated rings. The average Bonchev–Trinajstić information content (AvgIpc) is 2.28. The summed E-state index contributed by atoms with van der Waals surface area (Å²) in [7, 11) is 1.68. The predicted octanol–water partition coefficient (Wildman–Crippen LogP) is 1.33. The first kappa shape index (κ1) is 13.9. The first-order valence-corrected chi connectivity index (χ1v) is 6.26. The van der Waals surface area contributed by atoms with Gasteiger partial charge in [-0.1, -0.05) is 0 Å². The highest BCUT2D eigenvalue weighted by Gasteiger charge is 2.19. The summed E-state index contributed by atoms with van der Waals surface area (Å²) in [6, 6.07) is 0.344. The maximum atomic E-state index is 5.89. The lowest BCUT2D eigenvalue weighted by atomic mass is 9.94. The summed E-state index contributed by atoms with van der Waals surface area (Å²) in [5, 5.41) is 0. The molecule has 0 aromatic heterocycles. The zero-order chi connectivity index (χ0) is 11.6. The Bertz CT molecular complexity index is 166. The van der Waals surface area contributed by atoms with Gasteiger partial charge in [0.25, 0.3) is 0 Å². The molecule has 0 aromatic rings. The van der Waals surface area contributed by atoms with Gasteiger partial charge in [-0.2, -0.15) is 0 Å². The lowest BCUT2D eigenvalue weighted by Gasteiger charge is -2.26. The molecule has 2 N–H and O–H groups in total. The third kappa shape index (κ3) is 6.43. The molecule has 0 saturated heterocycles. The summed E-state index contributed by atoms with van der Waals surface area (Å²) >= 11 is 0. The quantitative estimate of drug-likeness (QED) is 0.640. The van der Waals surface area contributed by atoms with Crippen molar-refractivity contribution in [2.24, 2.45) is 5.73 Å². The second kappa shape index (κ2) is 8.93. The Labute approximate surface area is 98.4 Å². The van der Waals surface area contributed by atoms with E-state index in [1.165, 1.54) is 6.42 Å². The minimum absolute atomic E-state index is 0.344. The van der Waals surface area contributed by atoms with E-state index in [-0.39, 0.29) is 0 Å². The van der Waals surface area contributed by atoms with Crippen LogP contribution in [0.5, 0.6) is 0 Å². The van der Waals surface area contributed by atoms with Crippen molar-refractivity contribution in [2.45, 2.75) is 44.2 Å². The van der Waals surface area contributed by atoms with E-state index in [0.717, 1.165) is 38.9 Å². The molecule has 1 aliphatic rings. The smallest absolute Gasteiger partial charge is 0.0700 e. The first-order chi connectivity index (χ1) is 7.83. The van der Waals surface area contributed by atoms with Gasteiger partial charge in [0.2, 0.25) is 0 Å². The molecule has 96 valence electrons. The molecule has 1 rings (SSSR count). The molecular formula is C12H25NO3. The van der Waals surface area contributed by atoms with Crippen LogP contribution in [-0.4, -0.2) is 45.7 Å². The number of ether oxygens (including phenoxy) is 3. The lowest BCUT2D eigenvalue weighted by molar-refractivity contribution is 0.00520. The summed E-state index contributed by atoms with van der Waals surface area (Å²) in [4.78, 5) is 0. The largest absolute Gasteiger partial charge is 0.382 e. The van der Waals surface area contributed by atoms with E-state index in [4.69, 9.17) is 19.9 Å². The summed E-state index contributed by atoms with van der Waals surface area (Å²) in [5.74, 6) is 0. The van der Waals surface area contributed by atoms with Crippen molar-refractivity contribution < 1.29 is 14.2 Å². The molecule has 0 aromatic carbocycles. The summed E-state index contributed by atoms with van der Waals surface area (Å²) in [5.41, 5.74) is 5.89. The Hall–Kier alpha value is -0.160. The fourth-order valence-corrected chi connectivity index (χ4v) is 1.99. The number of rotatable bonds is 8. The van der Waals surface area contributed by atoms with Crippen LogP contribution in [0.3, 0.4) is 0 Å². The number of nitrogens with two attached hydrogens (primary N) is 1. The van der Waals surface area contributed by atoms with Crippen molar-refractivity contribution in [3.63, 3.8) is 0 Å². The molecule has 0 bridgehead atoms. The van der Waals surface area contributed by atoms with E-state index < -0.39 is 0 Å². The van der Waals surface area contributed by atoms with Crippen LogP contribution in [0.2, 0.25) is 0 Å². The zero-order valence-electron chi connectivity index (χ0n) is 10.3. The van der Waals surface area contributed by atoms with Crippen LogP contribution in [-0.2, 0) is 14.2 Å². The molecule has 4 heteroatoms. The van der Waals surface area contributed by atoms with Crippen molar-refractivity contribution in [1.82, 2.24) is 0 Å². The monoisotopic (exact) mass is 231 g/mol. The van der Waals surface area contributed by atoms with Gasteiger partial charge in [-0.25, -0.2) is 0 Å². The Kier molecular flexibility index (Phi) is 7.76. The standard InChI is InChI=1S/C12H25NO3/c1-14-8-9-15-6-3-7-16-12-5-2-4-11(13)10-12/h11-12H,2-10,13H2,1H3. The number of methoxy groups -OCH3 is 1. The van der Waals surface area contributed by atoms with E-state index in [9.17, 15) is 0 Å². The van der Waals surface area contributed by atoms with Crippen molar-refractivity contribution in [1.29, 1.82) is 0 Å². The molecule has 0 spiro atoms. The Morgan fingerprint density at radius 1 is 1.12 bits per heavy atom. The van der Waals surface area contributed by atoms with Crippen LogP contribution in [0.4, 0.5) is 0 Å². The Morgan fingerprint density at radius 2 is 2.00 bits per heavy atom. The van der Waals surface area contributed by atoms with Gasteiger partial charge < -0.3 is 19.9 Å². The van der Waals surface area contributed by atoms with Gasteiger partial charge in [-0.05, 0) is 32.1 Å². The average molecular weight is 231 g/mol. The van der Waals surface area contributed by atoms with Crippen molar-refractivity contribution in [2.75, 3.05) is 33.5 Å². The van der Waals surface area contributed by atoms with Crippen LogP contribution in [0, 0.1) is 0 Å². The van der Waals surface area contributed by atoms with E-state index in [1.807, 2.05) is 0 Å². The van der Waals surface area contributed by atoms with E-state index >= 15 is 0 Å². The van der Waals surface area contributed by atoms with Crippen LogP contribution in [0.1, 0.15) is 32.1 Å². The van der Waals surface area contributed by atoms with E-state index in [1.54, 1.807) is 7.11 Å². The summed E-state index contributed by atoms with van der Waals surface area (Å²) < 4.78 is 16.0. The maximum absolute atomic E-state index is 5.89. The fourth-order valence-electron chi connectivity index (χ4n) is 1.99. The Morgan fingerprint density at radius 3 is 2.75 bits per heavy atom. The minimum atomic E-state index is 0.344. The summed E-state index contributed by atoms with van der Waals surface area (Å²) in [6.45, 7) is 2.87. The third-order valence-corrected chi connectivity index (χ3v) is 2.89. The van der Waals surface area contributed by atoms with E-state index in [2.05, 4.69) is 0 Å². The van der Waals surface area contributed by atoms with Crippen LogP contribution in [0.25, 0.3) is 0 Å². The summed E-state index contributed by atoms with van der Waals surface area (Å²) in [6.07, 6.45) is 5.87. The second-order valence-electron chi connectivity index (χ2n) is 4.38. The van der Waals surface area contributed by atoms with Gasteiger partial charge in [0, 0.05) is 26.4 Å². The van der Waals surface area contributed by atoms with Crippen molar-refractivity contribution in [3.8, 4) is 0 Å². The molecule has 0 aliphatic heterocycles. The fraction of sp³-hybridized carbons (Fsp3) is 1.00. The number of hydrogen-bond acceptors (Lipinski definition) is 4. The van der Waals surface area contributed by atoms with Gasteiger partial charge in [-0.3, -0.25) is 0 Å². The van der Waals surface area contributed by atoms with Gasteiger partial charge in [0.1, 0.15) is 0 Å². The van der Waals surface area contributed by atoms with E-state index in [0.29, 0.717) is 25.4 Å². The molecule has 16 heavy (non-hydrogen) atoms. The maximum Gasteiger partial charge on any atom is 0.0700 e. The molecule has 2 atom stereocenters. The van der Waals surface area contributed by atoms with Gasteiger partial charge in [-0.15, -0.1) is 0 Å². The molecule has 0 amide bonds. The molecule has 4 nitrogen and oxygen atoms in total. The van der Waals surface area contributed by atoms with Crippen LogP contribution in [0.15, 0.2) is 0 Å².